The third kappa shape index (κ3) is 3.28. The first-order valence-electron chi connectivity index (χ1n) is 7.32. The highest BCUT2D eigenvalue weighted by molar-refractivity contribution is 5.92. The lowest BCUT2D eigenvalue weighted by atomic mass is 10.00. The van der Waals surface area contributed by atoms with Gasteiger partial charge in [-0.1, -0.05) is 26.8 Å². The van der Waals surface area contributed by atoms with Crippen molar-refractivity contribution in [2.45, 2.75) is 39.7 Å². The number of ether oxygens (including phenoxy) is 1. The number of anilines is 1. The lowest BCUT2D eigenvalue weighted by molar-refractivity contribution is 0.182. The average molecular weight is 272 g/mol. The van der Waals surface area contributed by atoms with Crippen molar-refractivity contribution in [1.29, 1.82) is 0 Å². The van der Waals surface area contributed by atoms with Crippen molar-refractivity contribution in [3.63, 3.8) is 0 Å². The number of aromatic nitrogens is 1. The van der Waals surface area contributed by atoms with E-state index in [2.05, 4.69) is 55.3 Å². The van der Waals surface area contributed by atoms with Crippen LogP contribution >= 0.6 is 0 Å². The Kier molecular flexibility index (Phi) is 4.96. The second kappa shape index (κ2) is 6.71. The smallest absolute Gasteiger partial charge is 0.0885 e. The molecule has 1 aromatic heterocycles. The number of hydrogen-bond donors (Lipinski definition) is 1. The molecule has 1 N–H and O–H groups in total. The van der Waals surface area contributed by atoms with Crippen LogP contribution in [-0.4, -0.2) is 18.6 Å². The van der Waals surface area contributed by atoms with Gasteiger partial charge in [-0.15, -0.1) is 0 Å². The predicted octanol–water partition coefficient (Wildman–Crippen LogP) is 4.33. The van der Waals surface area contributed by atoms with Crippen LogP contribution in [0.3, 0.4) is 0 Å². The monoisotopic (exact) mass is 272 g/mol. The summed E-state index contributed by atoms with van der Waals surface area (Å²) < 4.78 is 5.21. The van der Waals surface area contributed by atoms with E-state index in [4.69, 9.17) is 4.74 Å². The molecule has 0 saturated carbocycles. The molecule has 3 heteroatoms. The van der Waals surface area contributed by atoms with Gasteiger partial charge in [-0.2, -0.15) is 0 Å². The molecule has 0 radical (unpaired) electrons. The summed E-state index contributed by atoms with van der Waals surface area (Å²) >= 11 is 0. The van der Waals surface area contributed by atoms with E-state index in [9.17, 15) is 0 Å². The van der Waals surface area contributed by atoms with Gasteiger partial charge in [0.05, 0.1) is 17.8 Å². The van der Waals surface area contributed by atoms with Crippen molar-refractivity contribution in [1.82, 2.24) is 4.98 Å². The van der Waals surface area contributed by atoms with Gasteiger partial charge in [-0.05, 0) is 36.1 Å². The average Bonchev–Trinajstić information content (AvgIpc) is 2.44. The Labute approximate surface area is 121 Å². The number of benzene rings is 1. The highest BCUT2D eigenvalue weighted by Crippen LogP contribution is 2.27. The fourth-order valence-corrected chi connectivity index (χ4v) is 2.29. The van der Waals surface area contributed by atoms with Crippen LogP contribution in [0.1, 0.15) is 44.4 Å². The highest BCUT2D eigenvalue weighted by atomic mass is 16.5. The predicted molar refractivity (Wildman–Crippen MR) is 85.3 cm³/mol. The van der Waals surface area contributed by atoms with Gasteiger partial charge >= 0.3 is 0 Å². The number of fused-ring (bicyclic) bond motifs is 1. The Morgan fingerprint density at radius 2 is 2.05 bits per heavy atom. The van der Waals surface area contributed by atoms with Crippen LogP contribution in [-0.2, 0) is 11.3 Å². The van der Waals surface area contributed by atoms with Crippen LogP contribution in [0.15, 0.2) is 24.3 Å². The molecule has 1 aromatic carbocycles. The number of nitrogens with one attached hydrogen (secondary N) is 1. The highest BCUT2D eigenvalue weighted by Gasteiger charge is 2.08. The first-order valence-corrected chi connectivity index (χ1v) is 7.32. The lowest BCUT2D eigenvalue weighted by Crippen LogP contribution is -2.03. The van der Waals surface area contributed by atoms with Gasteiger partial charge in [0, 0.05) is 24.7 Å². The third-order valence-electron chi connectivity index (χ3n) is 3.41. The Hall–Kier alpha value is -1.61. The van der Waals surface area contributed by atoms with Gasteiger partial charge in [-0.3, -0.25) is 4.98 Å². The van der Waals surface area contributed by atoms with Crippen LogP contribution in [0, 0.1) is 0 Å². The van der Waals surface area contributed by atoms with Crippen molar-refractivity contribution < 1.29 is 4.74 Å². The molecule has 0 saturated heterocycles. The topological polar surface area (TPSA) is 34.1 Å². The molecular formula is C17H24N2O. The molecule has 3 nitrogen and oxygen atoms in total. The molecule has 0 fully saturated rings. The Bertz CT molecular complexity index is 578. The molecule has 108 valence electrons. The van der Waals surface area contributed by atoms with E-state index in [1.54, 1.807) is 7.11 Å². The quantitative estimate of drug-likeness (QED) is 0.850. The Balaban J connectivity index is 2.52. The molecule has 0 amide bonds. The maximum Gasteiger partial charge on any atom is 0.0885 e. The molecule has 20 heavy (non-hydrogen) atoms. The van der Waals surface area contributed by atoms with Crippen LogP contribution in [0.4, 0.5) is 5.69 Å². The first-order chi connectivity index (χ1) is 9.65. The maximum atomic E-state index is 5.21. The summed E-state index contributed by atoms with van der Waals surface area (Å²) in [7, 11) is 1.70. The molecule has 1 heterocycles. The van der Waals surface area contributed by atoms with E-state index in [1.807, 2.05) is 0 Å². The Morgan fingerprint density at radius 1 is 1.25 bits per heavy atom. The van der Waals surface area contributed by atoms with Gasteiger partial charge in [0.1, 0.15) is 0 Å². The summed E-state index contributed by atoms with van der Waals surface area (Å²) in [5.41, 5.74) is 4.50. The van der Waals surface area contributed by atoms with E-state index >= 15 is 0 Å². The molecule has 0 aliphatic rings. The number of nitrogens with zero attached hydrogens (tertiary/aromatic N) is 1. The summed E-state index contributed by atoms with van der Waals surface area (Å²) in [6.45, 7) is 8.12. The third-order valence-corrected chi connectivity index (χ3v) is 3.41. The van der Waals surface area contributed by atoms with Crippen LogP contribution < -0.4 is 5.32 Å². The zero-order chi connectivity index (χ0) is 14.5. The fraction of sp³-hybridized carbons (Fsp3) is 0.471. The van der Waals surface area contributed by atoms with Gasteiger partial charge in [0.15, 0.2) is 0 Å². The van der Waals surface area contributed by atoms with Crippen molar-refractivity contribution in [2.75, 3.05) is 19.0 Å². The minimum Gasteiger partial charge on any atom is -0.384 e. The Morgan fingerprint density at radius 3 is 2.70 bits per heavy atom. The summed E-state index contributed by atoms with van der Waals surface area (Å²) in [5, 5.41) is 4.71. The molecule has 0 atom stereocenters. The van der Waals surface area contributed by atoms with E-state index in [0.29, 0.717) is 12.5 Å². The molecule has 0 bridgehead atoms. The van der Waals surface area contributed by atoms with Crippen LogP contribution in [0.25, 0.3) is 10.9 Å². The van der Waals surface area contributed by atoms with E-state index in [0.717, 1.165) is 29.9 Å². The van der Waals surface area contributed by atoms with Crippen molar-refractivity contribution in [2.24, 2.45) is 0 Å². The summed E-state index contributed by atoms with van der Waals surface area (Å²) in [5.74, 6) is 0.525. The number of methoxy groups -OCH3 is 1. The second-order valence-electron chi connectivity index (χ2n) is 5.45. The standard InChI is InChI=1S/C17H24N2O/c1-5-8-18-17-10-14(11-20-4)19-16-7-6-13(12(2)3)9-15(16)17/h6-7,9-10,12H,5,8,11H2,1-4H3,(H,18,19). The summed E-state index contributed by atoms with van der Waals surface area (Å²) in [6.07, 6.45) is 1.10. The zero-order valence-corrected chi connectivity index (χ0v) is 12.9. The number of pyridine rings is 1. The minimum absolute atomic E-state index is 0.525. The molecule has 0 spiro atoms. The van der Waals surface area contributed by atoms with E-state index in [-0.39, 0.29) is 0 Å². The molecule has 0 aliphatic heterocycles. The molecular weight excluding hydrogens is 248 g/mol. The molecule has 2 rings (SSSR count). The lowest BCUT2D eigenvalue weighted by Gasteiger charge is -2.13. The van der Waals surface area contributed by atoms with Gasteiger partial charge in [0.25, 0.3) is 0 Å². The summed E-state index contributed by atoms with van der Waals surface area (Å²) in [4.78, 5) is 4.67. The minimum atomic E-state index is 0.525. The largest absolute Gasteiger partial charge is 0.384 e. The first kappa shape index (κ1) is 14.8. The zero-order valence-electron chi connectivity index (χ0n) is 12.9. The van der Waals surface area contributed by atoms with Crippen molar-refractivity contribution >= 4 is 16.6 Å². The number of hydrogen-bond acceptors (Lipinski definition) is 3. The maximum absolute atomic E-state index is 5.21. The fourth-order valence-electron chi connectivity index (χ4n) is 2.29. The van der Waals surface area contributed by atoms with Crippen LogP contribution in [0.2, 0.25) is 0 Å². The molecule has 0 aliphatic carbocycles. The van der Waals surface area contributed by atoms with Gasteiger partial charge in [-0.25, -0.2) is 0 Å². The van der Waals surface area contributed by atoms with E-state index < -0.39 is 0 Å². The second-order valence-corrected chi connectivity index (χ2v) is 5.45. The van der Waals surface area contributed by atoms with Gasteiger partial charge < -0.3 is 10.1 Å². The van der Waals surface area contributed by atoms with E-state index in [1.165, 1.54) is 10.9 Å². The van der Waals surface area contributed by atoms with Crippen molar-refractivity contribution in [3.8, 4) is 0 Å². The number of rotatable bonds is 6. The summed E-state index contributed by atoms with van der Waals surface area (Å²) in [6, 6.07) is 8.63. The normalized spacial score (nSPS) is 11.2. The molecule has 2 aromatic rings. The van der Waals surface area contributed by atoms with Gasteiger partial charge in [0.2, 0.25) is 0 Å². The van der Waals surface area contributed by atoms with Crippen LogP contribution in [0.5, 0.6) is 0 Å². The SMILES string of the molecule is CCCNc1cc(COC)nc2ccc(C(C)C)cc12. The molecule has 0 unspecified atom stereocenters. The van der Waals surface area contributed by atoms with Crippen molar-refractivity contribution in [3.05, 3.63) is 35.5 Å².